The lowest BCUT2D eigenvalue weighted by Crippen LogP contribution is -2.20. The summed E-state index contributed by atoms with van der Waals surface area (Å²) < 4.78 is 4.45. The van der Waals surface area contributed by atoms with E-state index in [1.165, 1.54) is 12.2 Å². The number of nitriles is 1. The Kier molecular flexibility index (Phi) is 12.3. The fraction of sp³-hybridized carbons (Fsp3) is 0.200. The summed E-state index contributed by atoms with van der Waals surface area (Å²) in [5, 5.41) is 8.19. The van der Waals surface area contributed by atoms with Crippen LogP contribution >= 0.6 is 0 Å². The lowest BCUT2D eigenvalue weighted by atomic mass is 10.1. The third-order valence-corrected chi connectivity index (χ3v) is 3.79. The van der Waals surface area contributed by atoms with Gasteiger partial charge >= 0.3 is 11.9 Å². The van der Waals surface area contributed by atoms with E-state index < -0.39 is 17.7 Å². The second-order valence-corrected chi connectivity index (χ2v) is 6.21. The third-order valence-electron chi connectivity index (χ3n) is 3.79. The first-order chi connectivity index (χ1) is 14.6. The molecule has 2 rings (SSSR count). The van der Waals surface area contributed by atoms with Crippen LogP contribution in [0.5, 0.6) is 0 Å². The number of rotatable bonds is 8. The van der Waals surface area contributed by atoms with Crippen molar-refractivity contribution in [2.24, 2.45) is 0 Å². The topological polar surface area (TPSA) is 84.2 Å². The Morgan fingerprint density at radius 2 is 1.47 bits per heavy atom. The molecule has 154 valence electrons. The fourth-order valence-corrected chi connectivity index (χ4v) is 2.25. The summed E-state index contributed by atoms with van der Waals surface area (Å²) in [7, 11) is 0. The van der Waals surface area contributed by atoms with Crippen molar-refractivity contribution in [3.8, 4) is 6.07 Å². The van der Waals surface area contributed by atoms with E-state index in [0.29, 0.717) is 6.42 Å². The molecule has 0 saturated heterocycles. The van der Waals surface area contributed by atoms with Crippen LogP contribution < -0.4 is 0 Å². The van der Waals surface area contributed by atoms with Crippen LogP contribution in [0.2, 0.25) is 0 Å². The molecule has 2 aromatic carbocycles. The van der Waals surface area contributed by atoms with Crippen LogP contribution in [-0.2, 0) is 19.1 Å². The molecule has 0 atom stereocenters. The molecule has 0 fully saturated rings. The highest BCUT2D eigenvalue weighted by Gasteiger charge is 2.17. The van der Waals surface area contributed by atoms with E-state index >= 15 is 0 Å². The van der Waals surface area contributed by atoms with E-state index in [-0.39, 0.29) is 6.42 Å². The molecule has 0 unspecified atom stereocenters. The maximum absolute atomic E-state index is 11.4. The summed E-state index contributed by atoms with van der Waals surface area (Å²) in [6.45, 7) is 2.00. The van der Waals surface area contributed by atoms with E-state index in [0.717, 1.165) is 30.0 Å². The molecule has 2 aromatic rings. The smallest absolute Gasteiger partial charge is 0.382 e. The molecule has 0 aliphatic heterocycles. The number of ketones is 1. The van der Waals surface area contributed by atoms with Crippen LogP contribution in [0.15, 0.2) is 72.8 Å². The standard InChI is InChI=1S/C16H18O4.C9H7N/c1-2-3-5-10-14(17)16(19)20-15(18)12-11-13-8-6-4-7-9-13;10-8-4-7-9-5-2-1-3-6-9/h4,6-9,11-12H,2-3,5,10H2,1H3;1-7H/b12-11+;7-4+. The Bertz CT molecular complexity index is 894. The maximum Gasteiger partial charge on any atom is 0.382 e. The van der Waals surface area contributed by atoms with E-state index in [1.54, 1.807) is 6.08 Å². The Morgan fingerprint density at radius 1 is 0.900 bits per heavy atom. The van der Waals surface area contributed by atoms with Crippen LogP contribution in [-0.4, -0.2) is 17.7 Å². The van der Waals surface area contributed by atoms with E-state index in [1.807, 2.05) is 73.7 Å². The minimum absolute atomic E-state index is 0.127. The molecule has 0 bridgehead atoms. The second-order valence-electron chi connectivity index (χ2n) is 6.21. The summed E-state index contributed by atoms with van der Waals surface area (Å²) >= 11 is 0. The van der Waals surface area contributed by atoms with Crippen molar-refractivity contribution in [2.75, 3.05) is 0 Å². The molecule has 0 aliphatic carbocycles. The molecular formula is C25H25NO4. The normalized spacial score (nSPS) is 10.1. The molecule has 0 heterocycles. The summed E-state index contributed by atoms with van der Waals surface area (Å²) in [6.07, 6.45) is 8.50. The van der Waals surface area contributed by atoms with Crippen molar-refractivity contribution in [1.82, 2.24) is 0 Å². The van der Waals surface area contributed by atoms with Gasteiger partial charge in [-0.05, 0) is 29.7 Å². The van der Waals surface area contributed by atoms with Crippen LogP contribution in [0.25, 0.3) is 12.2 Å². The molecule has 30 heavy (non-hydrogen) atoms. The van der Waals surface area contributed by atoms with Crippen molar-refractivity contribution < 1.29 is 19.1 Å². The number of ether oxygens (including phenoxy) is 1. The van der Waals surface area contributed by atoms with E-state index in [4.69, 9.17) is 5.26 Å². The molecular weight excluding hydrogens is 378 g/mol. The molecule has 0 spiro atoms. The number of Topliss-reactive ketones (excluding diaryl/α,β-unsaturated/α-hetero) is 1. The molecule has 0 aromatic heterocycles. The zero-order valence-corrected chi connectivity index (χ0v) is 17.0. The van der Waals surface area contributed by atoms with Gasteiger partial charge in [-0.25, -0.2) is 9.59 Å². The highest BCUT2D eigenvalue weighted by Crippen LogP contribution is 2.03. The monoisotopic (exact) mass is 403 g/mol. The van der Waals surface area contributed by atoms with Crippen molar-refractivity contribution in [1.29, 1.82) is 5.26 Å². The van der Waals surface area contributed by atoms with Gasteiger partial charge in [0.05, 0.1) is 6.07 Å². The number of nitrogens with zero attached hydrogens (tertiary/aromatic N) is 1. The summed E-state index contributed by atoms with van der Waals surface area (Å²) in [5.74, 6) is -2.56. The number of carbonyl (C=O) groups excluding carboxylic acids is 3. The Hall–Kier alpha value is -3.78. The minimum Gasteiger partial charge on any atom is -0.384 e. The summed E-state index contributed by atoms with van der Waals surface area (Å²) in [4.78, 5) is 34.1. The molecule has 5 nitrogen and oxygen atoms in total. The van der Waals surface area contributed by atoms with Gasteiger partial charge in [-0.1, -0.05) is 80.4 Å². The molecule has 0 aliphatic rings. The average molecular weight is 403 g/mol. The molecule has 5 heteroatoms. The molecule has 0 radical (unpaired) electrons. The highest BCUT2D eigenvalue weighted by atomic mass is 16.6. The second kappa shape index (κ2) is 15.2. The van der Waals surface area contributed by atoms with Crippen molar-refractivity contribution in [3.05, 3.63) is 83.9 Å². The molecule has 0 amide bonds. The third kappa shape index (κ3) is 11.2. The predicted molar refractivity (Wildman–Crippen MR) is 117 cm³/mol. The lowest BCUT2D eigenvalue weighted by molar-refractivity contribution is -0.161. The van der Waals surface area contributed by atoms with Crippen LogP contribution in [0.3, 0.4) is 0 Å². The zero-order valence-electron chi connectivity index (χ0n) is 17.0. The van der Waals surface area contributed by atoms with Crippen molar-refractivity contribution in [2.45, 2.75) is 32.6 Å². The first kappa shape index (κ1) is 24.3. The number of esters is 2. The highest BCUT2D eigenvalue weighted by molar-refractivity contribution is 6.35. The lowest BCUT2D eigenvalue weighted by Gasteiger charge is -1.99. The van der Waals surface area contributed by atoms with Gasteiger partial charge in [0.25, 0.3) is 0 Å². The summed E-state index contributed by atoms with van der Waals surface area (Å²) in [5.41, 5.74) is 1.87. The number of carbonyl (C=O) groups is 3. The van der Waals surface area contributed by atoms with Crippen molar-refractivity contribution in [3.63, 3.8) is 0 Å². The van der Waals surface area contributed by atoms with Gasteiger partial charge < -0.3 is 4.74 Å². The van der Waals surface area contributed by atoms with E-state index in [9.17, 15) is 14.4 Å². The van der Waals surface area contributed by atoms with Gasteiger partial charge in [0, 0.05) is 18.6 Å². The first-order valence-corrected chi connectivity index (χ1v) is 9.70. The van der Waals surface area contributed by atoms with Gasteiger partial charge in [-0.2, -0.15) is 5.26 Å². The van der Waals surface area contributed by atoms with Gasteiger partial charge in [-0.15, -0.1) is 0 Å². The van der Waals surface area contributed by atoms with Crippen LogP contribution in [0, 0.1) is 11.3 Å². The molecule has 0 saturated carbocycles. The van der Waals surface area contributed by atoms with Gasteiger partial charge in [0.1, 0.15) is 0 Å². The summed E-state index contributed by atoms with van der Waals surface area (Å²) in [6, 6.07) is 20.8. The number of hydrogen-bond donors (Lipinski definition) is 0. The largest absolute Gasteiger partial charge is 0.384 e. The zero-order chi connectivity index (χ0) is 22.0. The van der Waals surface area contributed by atoms with Crippen molar-refractivity contribution >= 4 is 29.9 Å². The number of hydrogen-bond acceptors (Lipinski definition) is 5. The van der Waals surface area contributed by atoms with Gasteiger partial charge in [-0.3, -0.25) is 4.79 Å². The quantitative estimate of drug-likeness (QED) is 0.152. The minimum atomic E-state index is -1.08. The first-order valence-electron chi connectivity index (χ1n) is 9.70. The number of unbranched alkanes of at least 4 members (excludes halogenated alkanes) is 2. The van der Waals surface area contributed by atoms with Gasteiger partial charge in [0.2, 0.25) is 5.78 Å². The van der Waals surface area contributed by atoms with Crippen LogP contribution in [0.4, 0.5) is 0 Å². The Labute approximate surface area is 177 Å². The maximum atomic E-state index is 11.4. The Morgan fingerprint density at radius 3 is 2.00 bits per heavy atom. The SMILES string of the molecule is CCCCCC(=O)C(=O)OC(=O)/C=C/c1ccccc1.N#C/C=C/c1ccccc1. The number of allylic oxidation sites excluding steroid dienone is 1. The predicted octanol–water partition coefficient (Wildman–Crippen LogP) is 5.14. The van der Waals surface area contributed by atoms with Gasteiger partial charge in [0.15, 0.2) is 0 Å². The van der Waals surface area contributed by atoms with E-state index in [2.05, 4.69) is 4.74 Å². The molecule has 0 N–H and O–H groups in total. The Balaban J connectivity index is 0.000000375. The average Bonchev–Trinajstić information content (AvgIpc) is 2.78. The number of benzene rings is 2. The van der Waals surface area contributed by atoms with Crippen LogP contribution in [0.1, 0.15) is 43.7 Å². The fourth-order valence-electron chi connectivity index (χ4n) is 2.25.